The van der Waals surface area contributed by atoms with Crippen molar-refractivity contribution in [1.29, 1.82) is 0 Å². The van der Waals surface area contributed by atoms with E-state index >= 15 is 0 Å². The predicted molar refractivity (Wildman–Crippen MR) is 89.2 cm³/mol. The standard InChI is InChI=1S/C18H25FO4S/c19-14-9-11-15(12-10-14)22-13-16-5-4-8-18(23-16)24(20,21)17-6-2-1-3-7-17/h1-3,6-7,14-16,18H,4-5,8-13H2. The summed E-state index contributed by atoms with van der Waals surface area (Å²) in [7, 11) is -3.47. The quantitative estimate of drug-likeness (QED) is 0.808. The summed E-state index contributed by atoms with van der Waals surface area (Å²) in [5, 5.41) is 0. The van der Waals surface area contributed by atoms with Gasteiger partial charge in [0.25, 0.3) is 0 Å². The van der Waals surface area contributed by atoms with Crippen LogP contribution in [0.3, 0.4) is 0 Å². The second-order valence-electron chi connectivity index (χ2n) is 6.68. The SMILES string of the molecule is O=S(=O)(c1ccccc1)C1CCCC(COC2CCC(F)CC2)O1. The highest BCUT2D eigenvalue weighted by molar-refractivity contribution is 7.91. The third kappa shape index (κ3) is 4.35. The van der Waals surface area contributed by atoms with Crippen LogP contribution < -0.4 is 0 Å². The first-order valence-electron chi connectivity index (χ1n) is 8.76. The fraction of sp³-hybridized carbons (Fsp3) is 0.667. The van der Waals surface area contributed by atoms with E-state index in [1.807, 2.05) is 0 Å². The van der Waals surface area contributed by atoms with E-state index < -0.39 is 21.4 Å². The maximum absolute atomic E-state index is 13.1. The Morgan fingerprint density at radius 1 is 1.04 bits per heavy atom. The van der Waals surface area contributed by atoms with Crippen molar-refractivity contribution in [2.24, 2.45) is 0 Å². The molecule has 2 aliphatic rings. The largest absolute Gasteiger partial charge is 0.376 e. The molecule has 134 valence electrons. The van der Waals surface area contributed by atoms with Gasteiger partial charge in [-0.25, -0.2) is 12.8 Å². The molecule has 1 saturated heterocycles. The molecule has 4 nitrogen and oxygen atoms in total. The molecule has 0 aromatic heterocycles. The lowest BCUT2D eigenvalue weighted by Crippen LogP contribution is -2.37. The van der Waals surface area contributed by atoms with E-state index in [2.05, 4.69) is 0 Å². The average molecular weight is 356 g/mol. The summed E-state index contributed by atoms with van der Waals surface area (Å²) in [5.74, 6) is 0. The molecular weight excluding hydrogens is 331 g/mol. The van der Waals surface area contributed by atoms with Gasteiger partial charge in [-0.1, -0.05) is 18.2 Å². The normalized spacial score (nSPS) is 31.7. The van der Waals surface area contributed by atoms with Gasteiger partial charge >= 0.3 is 0 Å². The highest BCUT2D eigenvalue weighted by atomic mass is 32.2. The van der Waals surface area contributed by atoms with Crippen LogP contribution in [0.1, 0.15) is 44.9 Å². The molecule has 0 N–H and O–H groups in total. The molecule has 1 aromatic carbocycles. The Kier molecular flexibility index (Phi) is 5.89. The molecule has 2 fully saturated rings. The number of alkyl halides is 1. The van der Waals surface area contributed by atoms with Crippen molar-refractivity contribution in [3.63, 3.8) is 0 Å². The number of sulfone groups is 1. The highest BCUT2D eigenvalue weighted by Gasteiger charge is 2.34. The number of halogens is 1. The predicted octanol–water partition coefficient (Wildman–Crippen LogP) is 3.65. The van der Waals surface area contributed by atoms with E-state index in [4.69, 9.17) is 9.47 Å². The molecule has 3 rings (SSSR count). The summed E-state index contributed by atoms with van der Waals surface area (Å²) in [5.41, 5.74) is -0.802. The van der Waals surface area contributed by atoms with Gasteiger partial charge in [0.05, 0.1) is 23.7 Å². The Labute approximate surface area is 143 Å². The molecular formula is C18H25FO4S. The van der Waals surface area contributed by atoms with Crippen molar-refractivity contribution in [3.05, 3.63) is 30.3 Å². The third-order valence-electron chi connectivity index (χ3n) is 4.85. The lowest BCUT2D eigenvalue weighted by Gasteiger charge is -2.32. The minimum Gasteiger partial charge on any atom is -0.376 e. The molecule has 1 aliphatic carbocycles. The van der Waals surface area contributed by atoms with Gasteiger partial charge in [-0.15, -0.1) is 0 Å². The number of benzene rings is 1. The molecule has 0 radical (unpaired) electrons. The van der Waals surface area contributed by atoms with E-state index in [0.29, 0.717) is 30.8 Å². The second kappa shape index (κ2) is 7.93. The van der Waals surface area contributed by atoms with E-state index in [1.165, 1.54) is 0 Å². The molecule has 24 heavy (non-hydrogen) atoms. The summed E-state index contributed by atoms with van der Waals surface area (Å²) in [6, 6.07) is 8.45. The van der Waals surface area contributed by atoms with Crippen molar-refractivity contribution < 1.29 is 22.3 Å². The van der Waals surface area contributed by atoms with Gasteiger partial charge in [0.2, 0.25) is 9.84 Å². The molecule has 2 atom stereocenters. The number of rotatable bonds is 5. The molecule has 0 amide bonds. The first kappa shape index (κ1) is 17.8. The van der Waals surface area contributed by atoms with Gasteiger partial charge in [-0.3, -0.25) is 0 Å². The van der Waals surface area contributed by atoms with E-state index in [-0.39, 0.29) is 12.2 Å². The van der Waals surface area contributed by atoms with Crippen LogP contribution >= 0.6 is 0 Å². The molecule has 6 heteroatoms. The fourth-order valence-electron chi connectivity index (χ4n) is 3.41. The number of hydrogen-bond acceptors (Lipinski definition) is 4. The lowest BCUT2D eigenvalue weighted by atomic mass is 9.96. The Balaban J connectivity index is 1.54. The van der Waals surface area contributed by atoms with Gasteiger partial charge in [0, 0.05) is 0 Å². The Morgan fingerprint density at radius 3 is 2.46 bits per heavy atom. The minimum absolute atomic E-state index is 0.0757. The smallest absolute Gasteiger partial charge is 0.205 e. The first-order valence-corrected chi connectivity index (χ1v) is 10.3. The molecule has 0 bridgehead atoms. The molecule has 1 heterocycles. The van der Waals surface area contributed by atoms with Crippen LogP contribution in [0.15, 0.2) is 35.2 Å². The second-order valence-corrected chi connectivity index (χ2v) is 8.77. The Bertz CT molecular complexity index is 611. The van der Waals surface area contributed by atoms with Crippen LogP contribution in [0.4, 0.5) is 4.39 Å². The number of hydrogen-bond donors (Lipinski definition) is 0. The van der Waals surface area contributed by atoms with Gasteiger partial charge in [0.1, 0.15) is 6.17 Å². The minimum atomic E-state index is -3.47. The fourth-order valence-corrected chi connectivity index (χ4v) is 5.03. The lowest BCUT2D eigenvalue weighted by molar-refractivity contribution is -0.0843. The van der Waals surface area contributed by atoms with Gasteiger partial charge < -0.3 is 9.47 Å². The van der Waals surface area contributed by atoms with Gasteiger partial charge in [0.15, 0.2) is 5.44 Å². The maximum Gasteiger partial charge on any atom is 0.205 e. The maximum atomic E-state index is 13.1. The Morgan fingerprint density at radius 2 is 1.75 bits per heavy atom. The zero-order chi connectivity index (χ0) is 17.0. The van der Waals surface area contributed by atoms with Crippen molar-refractivity contribution in [2.45, 2.75) is 73.7 Å². The van der Waals surface area contributed by atoms with Crippen LogP contribution in [0, 0.1) is 0 Å². The topological polar surface area (TPSA) is 52.6 Å². The van der Waals surface area contributed by atoms with Crippen LogP contribution in [-0.2, 0) is 19.3 Å². The monoisotopic (exact) mass is 356 g/mol. The van der Waals surface area contributed by atoms with Crippen molar-refractivity contribution in [2.75, 3.05) is 6.61 Å². The third-order valence-corrected chi connectivity index (χ3v) is 6.82. The van der Waals surface area contributed by atoms with Crippen LogP contribution in [0.25, 0.3) is 0 Å². The zero-order valence-electron chi connectivity index (χ0n) is 13.8. The Hall–Kier alpha value is -0.980. The van der Waals surface area contributed by atoms with Crippen molar-refractivity contribution in [1.82, 2.24) is 0 Å². The summed E-state index contributed by atoms with van der Waals surface area (Å²) in [6.45, 7) is 0.391. The zero-order valence-corrected chi connectivity index (χ0v) is 14.6. The average Bonchev–Trinajstić information content (AvgIpc) is 2.62. The molecule has 1 aromatic rings. The van der Waals surface area contributed by atoms with Crippen LogP contribution in [0.2, 0.25) is 0 Å². The summed E-state index contributed by atoms with van der Waals surface area (Å²) >= 11 is 0. The van der Waals surface area contributed by atoms with Gasteiger partial charge in [-0.2, -0.15) is 0 Å². The molecule has 2 unspecified atom stereocenters. The van der Waals surface area contributed by atoms with Crippen molar-refractivity contribution >= 4 is 9.84 Å². The van der Waals surface area contributed by atoms with E-state index in [9.17, 15) is 12.8 Å². The molecule has 0 spiro atoms. The first-order chi connectivity index (χ1) is 11.6. The number of ether oxygens (including phenoxy) is 2. The van der Waals surface area contributed by atoms with Crippen LogP contribution in [-0.4, -0.2) is 38.8 Å². The summed E-state index contributed by atoms with van der Waals surface area (Å²) < 4.78 is 50.2. The van der Waals surface area contributed by atoms with Crippen LogP contribution in [0.5, 0.6) is 0 Å². The van der Waals surface area contributed by atoms with Crippen molar-refractivity contribution in [3.8, 4) is 0 Å². The van der Waals surface area contributed by atoms with Gasteiger partial charge in [-0.05, 0) is 57.1 Å². The molecule has 1 saturated carbocycles. The summed E-state index contributed by atoms with van der Waals surface area (Å²) in [4.78, 5) is 0.304. The summed E-state index contributed by atoms with van der Waals surface area (Å²) in [6.07, 6.45) is 3.89. The molecule has 1 aliphatic heterocycles. The highest BCUT2D eigenvalue weighted by Crippen LogP contribution is 2.29. The van der Waals surface area contributed by atoms with E-state index in [0.717, 1.165) is 25.7 Å². The van der Waals surface area contributed by atoms with E-state index in [1.54, 1.807) is 30.3 Å².